The highest BCUT2D eigenvalue weighted by molar-refractivity contribution is 5.81. The predicted octanol–water partition coefficient (Wildman–Crippen LogP) is 2.00. The van der Waals surface area contributed by atoms with Crippen molar-refractivity contribution in [3.8, 4) is 0 Å². The van der Waals surface area contributed by atoms with Crippen LogP contribution in [0.5, 0.6) is 0 Å². The van der Waals surface area contributed by atoms with Gasteiger partial charge in [-0.1, -0.05) is 36.4 Å². The average molecular weight is 283 g/mol. The molecule has 1 aromatic heterocycles. The number of amides is 1. The van der Waals surface area contributed by atoms with E-state index in [0.717, 1.165) is 12.1 Å². The molecule has 0 saturated carbocycles. The summed E-state index contributed by atoms with van der Waals surface area (Å²) in [6.07, 6.45) is 3.18. The molecule has 0 unspecified atom stereocenters. The highest BCUT2D eigenvalue weighted by Gasteiger charge is 2.18. The quantitative estimate of drug-likeness (QED) is 0.882. The number of aryl methyl sites for hydroxylation is 1. The third-order valence-corrected chi connectivity index (χ3v) is 3.41. The normalized spacial score (nSPS) is 11.9. The maximum atomic E-state index is 12.2. The van der Waals surface area contributed by atoms with Crippen LogP contribution < -0.4 is 5.73 Å². The first-order valence-corrected chi connectivity index (χ1v) is 7.11. The van der Waals surface area contributed by atoms with Gasteiger partial charge < -0.3 is 10.6 Å². The fourth-order valence-corrected chi connectivity index (χ4v) is 2.19. The predicted molar refractivity (Wildman–Crippen MR) is 83.4 cm³/mol. The van der Waals surface area contributed by atoms with Crippen LogP contribution in [0.15, 0.2) is 54.7 Å². The summed E-state index contributed by atoms with van der Waals surface area (Å²) in [5, 5.41) is 0. The summed E-state index contributed by atoms with van der Waals surface area (Å²) in [6.45, 7) is 0.485. The molecule has 1 heterocycles. The highest BCUT2D eigenvalue weighted by atomic mass is 16.2. The summed E-state index contributed by atoms with van der Waals surface area (Å²) >= 11 is 0. The molecule has 21 heavy (non-hydrogen) atoms. The number of hydrogen-bond donors (Lipinski definition) is 1. The van der Waals surface area contributed by atoms with Crippen LogP contribution >= 0.6 is 0 Å². The molecule has 0 fully saturated rings. The van der Waals surface area contributed by atoms with Gasteiger partial charge in [-0.15, -0.1) is 0 Å². The molecular formula is C17H21N3O. The number of nitrogens with zero attached hydrogens (tertiary/aromatic N) is 2. The van der Waals surface area contributed by atoms with Gasteiger partial charge in [-0.25, -0.2) is 0 Å². The van der Waals surface area contributed by atoms with E-state index in [-0.39, 0.29) is 5.91 Å². The van der Waals surface area contributed by atoms with Gasteiger partial charge in [0.15, 0.2) is 0 Å². The zero-order chi connectivity index (χ0) is 15.1. The van der Waals surface area contributed by atoms with Crippen molar-refractivity contribution in [3.05, 3.63) is 66.0 Å². The van der Waals surface area contributed by atoms with E-state index < -0.39 is 6.04 Å². The van der Waals surface area contributed by atoms with Gasteiger partial charge in [0.1, 0.15) is 0 Å². The van der Waals surface area contributed by atoms with Gasteiger partial charge in [0.2, 0.25) is 5.91 Å². The van der Waals surface area contributed by atoms with Crippen LogP contribution in [0.2, 0.25) is 0 Å². The van der Waals surface area contributed by atoms with E-state index in [1.54, 1.807) is 18.1 Å². The number of benzene rings is 1. The first kappa shape index (κ1) is 15.2. The SMILES string of the molecule is CN(Cc1ccccn1)C(=O)[C@@H](N)CCc1ccccc1. The number of hydrogen-bond acceptors (Lipinski definition) is 3. The van der Waals surface area contributed by atoms with Crippen molar-refractivity contribution in [1.29, 1.82) is 0 Å². The molecule has 0 bridgehead atoms. The van der Waals surface area contributed by atoms with Gasteiger partial charge in [0.05, 0.1) is 18.3 Å². The van der Waals surface area contributed by atoms with Gasteiger partial charge in [-0.05, 0) is 30.5 Å². The summed E-state index contributed by atoms with van der Waals surface area (Å²) in [5.74, 6) is -0.0448. The minimum absolute atomic E-state index is 0.0448. The largest absolute Gasteiger partial charge is 0.339 e. The van der Waals surface area contributed by atoms with Crippen LogP contribution in [-0.2, 0) is 17.8 Å². The summed E-state index contributed by atoms with van der Waals surface area (Å²) in [6, 6.07) is 15.3. The molecule has 1 atom stereocenters. The lowest BCUT2D eigenvalue weighted by Crippen LogP contribution is -2.41. The summed E-state index contributed by atoms with van der Waals surface area (Å²) < 4.78 is 0. The van der Waals surface area contributed by atoms with E-state index in [4.69, 9.17) is 5.73 Å². The number of nitrogens with two attached hydrogens (primary N) is 1. The van der Waals surface area contributed by atoms with Crippen LogP contribution in [0.25, 0.3) is 0 Å². The second-order valence-corrected chi connectivity index (χ2v) is 5.15. The number of aromatic nitrogens is 1. The molecule has 0 aliphatic heterocycles. The number of pyridine rings is 1. The molecule has 110 valence electrons. The molecule has 0 radical (unpaired) electrons. The Kier molecular flexibility index (Phi) is 5.46. The van der Waals surface area contributed by atoms with Crippen molar-refractivity contribution in [2.75, 3.05) is 7.05 Å². The Labute approximate surface area is 125 Å². The minimum Gasteiger partial charge on any atom is -0.339 e. The number of likely N-dealkylation sites (N-methyl/N-ethyl adjacent to an activating group) is 1. The van der Waals surface area contributed by atoms with Gasteiger partial charge in [0, 0.05) is 13.2 Å². The van der Waals surface area contributed by atoms with E-state index in [1.807, 2.05) is 36.4 Å². The maximum absolute atomic E-state index is 12.2. The Morgan fingerprint density at radius 2 is 1.90 bits per heavy atom. The minimum atomic E-state index is -0.473. The fraction of sp³-hybridized carbons (Fsp3) is 0.294. The summed E-state index contributed by atoms with van der Waals surface area (Å²) in [7, 11) is 1.76. The highest BCUT2D eigenvalue weighted by Crippen LogP contribution is 2.07. The van der Waals surface area contributed by atoms with Gasteiger partial charge in [-0.3, -0.25) is 9.78 Å². The molecule has 0 aliphatic rings. The van der Waals surface area contributed by atoms with E-state index in [2.05, 4.69) is 17.1 Å². The lowest BCUT2D eigenvalue weighted by atomic mass is 10.0. The van der Waals surface area contributed by atoms with Gasteiger partial charge >= 0.3 is 0 Å². The van der Waals surface area contributed by atoms with Crippen molar-refractivity contribution in [2.45, 2.75) is 25.4 Å². The monoisotopic (exact) mass is 283 g/mol. The number of carbonyl (C=O) groups is 1. The zero-order valence-corrected chi connectivity index (χ0v) is 12.3. The summed E-state index contributed by atoms with van der Waals surface area (Å²) in [5.41, 5.74) is 8.07. The molecule has 2 aromatic rings. The van der Waals surface area contributed by atoms with Gasteiger partial charge in [-0.2, -0.15) is 0 Å². The van der Waals surface area contributed by atoms with E-state index >= 15 is 0 Å². The Bertz CT molecular complexity index is 557. The first-order chi connectivity index (χ1) is 10.2. The smallest absolute Gasteiger partial charge is 0.239 e. The standard InChI is InChI=1S/C17H21N3O/c1-20(13-15-9-5-6-12-19-15)17(21)16(18)11-10-14-7-3-2-4-8-14/h2-9,12,16H,10-11,13,18H2,1H3/t16-/m0/s1. The molecule has 4 nitrogen and oxygen atoms in total. The molecule has 2 rings (SSSR count). The lowest BCUT2D eigenvalue weighted by molar-refractivity contribution is -0.132. The van der Waals surface area contributed by atoms with Crippen molar-refractivity contribution < 1.29 is 4.79 Å². The molecule has 1 amide bonds. The van der Waals surface area contributed by atoms with Crippen LogP contribution in [0.3, 0.4) is 0 Å². The van der Waals surface area contributed by atoms with Crippen molar-refractivity contribution in [3.63, 3.8) is 0 Å². The molecule has 1 aromatic carbocycles. The maximum Gasteiger partial charge on any atom is 0.239 e. The van der Waals surface area contributed by atoms with E-state index in [0.29, 0.717) is 13.0 Å². The van der Waals surface area contributed by atoms with E-state index in [1.165, 1.54) is 5.56 Å². The second kappa shape index (κ2) is 7.55. The summed E-state index contributed by atoms with van der Waals surface area (Å²) in [4.78, 5) is 18.1. The van der Waals surface area contributed by atoms with Crippen LogP contribution in [0, 0.1) is 0 Å². The molecule has 4 heteroatoms. The van der Waals surface area contributed by atoms with Crippen LogP contribution in [0.4, 0.5) is 0 Å². The third kappa shape index (κ3) is 4.68. The van der Waals surface area contributed by atoms with Crippen LogP contribution in [0.1, 0.15) is 17.7 Å². The molecule has 0 aliphatic carbocycles. The van der Waals surface area contributed by atoms with E-state index in [9.17, 15) is 4.79 Å². The topological polar surface area (TPSA) is 59.2 Å². The van der Waals surface area contributed by atoms with Crippen molar-refractivity contribution in [1.82, 2.24) is 9.88 Å². The van der Waals surface area contributed by atoms with Gasteiger partial charge in [0.25, 0.3) is 0 Å². The average Bonchev–Trinajstić information content (AvgIpc) is 2.53. The van der Waals surface area contributed by atoms with Crippen molar-refractivity contribution in [2.24, 2.45) is 5.73 Å². The van der Waals surface area contributed by atoms with Crippen LogP contribution in [-0.4, -0.2) is 28.9 Å². The first-order valence-electron chi connectivity index (χ1n) is 7.11. The fourth-order valence-electron chi connectivity index (χ4n) is 2.19. The van der Waals surface area contributed by atoms with Crippen molar-refractivity contribution >= 4 is 5.91 Å². The number of rotatable bonds is 6. The Morgan fingerprint density at radius 1 is 1.19 bits per heavy atom. The molecule has 0 spiro atoms. The molecule has 2 N–H and O–H groups in total. The molecular weight excluding hydrogens is 262 g/mol. The second-order valence-electron chi connectivity index (χ2n) is 5.15. The molecule has 0 saturated heterocycles. The number of carbonyl (C=O) groups excluding carboxylic acids is 1. The third-order valence-electron chi connectivity index (χ3n) is 3.41. The lowest BCUT2D eigenvalue weighted by Gasteiger charge is -2.21. The Balaban J connectivity index is 1.84. The Morgan fingerprint density at radius 3 is 2.57 bits per heavy atom. The zero-order valence-electron chi connectivity index (χ0n) is 12.3. The Hall–Kier alpha value is -2.20.